The summed E-state index contributed by atoms with van der Waals surface area (Å²) in [4.78, 5) is 0. The standard InChI is InChI=1S/C14H13Br2ClN2/c15-10-5-6-12(16)11(8-10)14(19-18)7-9-3-1-2-4-13(9)17/h1-6,8,14,19H,7,18H2. The van der Waals surface area contributed by atoms with E-state index in [9.17, 15) is 0 Å². The van der Waals surface area contributed by atoms with Gasteiger partial charge in [0.15, 0.2) is 0 Å². The molecule has 0 aromatic heterocycles. The highest BCUT2D eigenvalue weighted by Crippen LogP contribution is 2.30. The second kappa shape index (κ2) is 6.86. The Hall–Kier alpha value is -0.390. The summed E-state index contributed by atoms with van der Waals surface area (Å²) in [6.07, 6.45) is 0.727. The minimum Gasteiger partial charge on any atom is -0.271 e. The van der Waals surface area contributed by atoms with Gasteiger partial charge in [0.1, 0.15) is 0 Å². The molecular formula is C14H13Br2ClN2. The first-order valence-corrected chi connectivity index (χ1v) is 7.72. The summed E-state index contributed by atoms with van der Waals surface area (Å²) in [5.41, 5.74) is 5.02. The molecule has 19 heavy (non-hydrogen) atoms. The Bertz CT molecular complexity index is 575. The third-order valence-corrected chi connectivity index (χ3v) is 4.50. The lowest BCUT2D eigenvalue weighted by Crippen LogP contribution is -2.30. The summed E-state index contributed by atoms with van der Waals surface area (Å²) < 4.78 is 2.04. The van der Waals surface area contributed by atoms with Gasteiger partial charge in [0.25, 0.3) is 0 Å². The molecule has 1 unspecified atom stereocenters. The second-order valence-corrected chi connectivity index (χ2v) is 6.36. The Kier molecular flexibility index (Phi) is 5.42. The van der Waals surface area contributed by atoms with E-state index in [1.165, 1.54) is 0 Å². The van der Waals surface area contributed by atoms with Crippen molar-refractivity contribution in [3.63, 3.8) is 0 Å². The lowest BCUT2D eigenvalue weighted by Gasteiger charge is -2.19. The molecule has 0 aliphatic heterocycles. The molecule has 0 heterocycles. The molecule has 0 aliphatic rings. The van der Waals surface area contributed by atoms with Crippen molar-refractivity contribution in [2.75, 3.05) is 0 Å². The molecular weight excluding hydrogens is 391 g/mol. The predicted molar refractivity (Wildman–Crippen MR) is 87.1 cm³/mol. The van der Waals surface area contributed by atoms with Crippen LogP contribution in [0.4, 0.5) is 0 Å². The fourth-order valence-electron chi connectivity index (χ4n) is 1.92. The zero-order valence-electron chi connectivity index (χ0n) is 10.0. The van der Waals surface area contributed by atoms with E-state index in [1.54, 1.807) is 0 Å². The molecule has 100 valence electrons. The van der Waals surface area contributed by atoms with Crippen LogP contribution >= 0.6 is 43.5 Å². The Morgan fingerprint density at radius 3 is 2.58 bits per heavy atom. The smallest absolute Gasteiger partial charge is 0.0512 e. The third-order valence-electron chi connectivity index (χ3n) is 2.92. The van der Waals surface area contributed by atoms with Crippen LogP contribution in [0.25, 0.3) is 0 Å². The molecule has 2 nitrogen and oxygen atoms in total. The first kappa shape index (κ1) is 15.0. The number of halogens is 3. The molecule has 0 fully saturated rings. The number of rotatable bonds is 4. The maximum absolute atomic E-state index is 6.19. The van der Waals surface area contributed by atoms with Gasteiger partial charge in [0.05, 0.1) is 6.04 Å². The second-order valence-electron chi connectivity index (χ2n) is 4.18. The molecule has 3 N–H and O–H groups in total. The lowest BCUT2D eigenvalue weighted by molar-refractivity contribution is 0.550. The fourth-order valence-corrected chi connectivity index (χ4v) is 3.04. The predicted octanol–water partition coefficient (Wildman–Crippen LogP) is 4.61. The van der Waals surface area contributed by atoms with Gasteiger partial charge in [-0.25, -0.2) is 0 Å². The van der Waals surface area contributed by atoms with Crippen LogP contribution in [0.15, 0.2) is 51.4 Å². The first-order valence-electron chi connectivity index (χ1n) is 5.76. The summed E-state index contributed by atoms with van der Waals surface area (Å²) in [5.74, 6) is 5.69. The maximum Gasteiger partial charge on any atom is 0.0512 e. The molecule has 0 amide bonds. The molecule has 2 aromatic carbocycles. The molecule has 2 aromatic rings. The summed E-state index contributed by atoms with van der Waals surface area (Å²) in [6.45, 7) is 0. The van der Waals surface area contributed by atoms with Gasteiger partial charge < -0.3 is 0 Å². The van der Waals surface area contributed by atoms with Crippen molar-refractivity contribution in [3.05, 3.63) is 67.6 Å². The zero-order valence-corrected chi connectivity index (χ0v) is 14.0. The Balaban J connectivity index is 2.30. The highest BCUT2D eigenvalue weighted by molar-refractivity contribution is 9.11. The van der Waals surface area contributed by atoms with Crippen molar-refractivity contribution in [2.45, 2.75) is 12.5 Å². The highest BCUT2D eigenvalue weighted by Gasteiger charge is 2.15. The molecule has 5 heteroatoms. The van der Waals surface area contributed by atoms with Crippen molar-refractivity contribution >= 4 is 43.5 Å². The summed E-state index contributed by atoms with van der Waals surface area (Å²) in [7, 11) is 0. The van der Waals surface area contributed by atoms with Crippen molar-refractivity contribution < 1.29 is 0 Å². The van der Waals surface area contributed by atoms with Crippen LogP contribution in [-0.4, -0.2) is 0 Å². The average Bonchev–Trinajstić information content (AvgIpc) is 2.41. The molecule has 0 bridgehead atoms. The van der Waals surface area contributed by atoms with Crippen LogP contribution in [0.2, 0.25) is 5.02 Å². The number of nitrogens with one attached hydrogen (secondary N) is 1. The van der Waals surface area contributed by atoms with Gasteiger partial charge in [-0.1, -0.05) is 61.7 Å². The molecule has 2 rings (SSSR count). The number of hydrazine groups is 1. The lowest BCUT2D eigenvalue weighted by atomic mass is 9.99. The van der Waals surface area contributed by atoms with Gasteiger partial charge in [0.2, 0.25) is 0 Å². The first-order chi connectivity index (χ1) is 9.11. The normalized spacial score (nSPS) is 12.4. The topological polar surface area (TPSA) is 38.0 Å². The number of nitrogens with two attached hydrogens (primary N) is 1. The van der Waals surface area contributed by atoms with Crippen molar-refractivity contribution in [3.8, 4) is 0 Å². The van der Waals surface area contributed by atoms with Crippen LogP contribution in [0.3, 0.4) is 0 Å². The van der Waals surface area contributed by atoms with E-state index in [1.807, 2.05) is 42.5 Å². The molecule has 1 atom stereocenters. The summed E-state index contributed by atoms with van der Waals surface area (Å²) >= 11 is 13.2. The Labute approximate surface area is 134 Å². The van der Waals surface area contributed by atoms with Crippen LogP contribution in [0.1, 0.15) is 17.2 Å². The fraction of sp³-hybridized carbons (Fsp3) is 0.143. The molecule has 0 spiro atoms. The van der Waals surface area contributed by atoms with Crippen LogP contribution in [0, 0.1) is 0 Å². The molecule has 0 saturated carbocycles. The van der Waals surface area contributed by atoms with E-state index >= 15 is 0 Å². The van der Waals surface area contributed by atoms with Crippen LogP contribution < -0.4 is 11.3 Å². The van der Waals surface area contributed by atoms with E-state index in [2.05, 4.69) is 37.3 Å². The summed E-state index contributed by atoms with van der Waals surface area (Å²) in [5, 5.41) is 0.758. The summed E-state index contributed by atoms with van der Waals surface area (Å²) in [6, 6.07) is 13.8. The minimum atomic E-state index is -0.00762. The highest BCUT2D eigenvalue weighted by atomic mass is 79.9. The molecule has 0 saturated heterocycles. The van der Waals surface area contributed by atoms with E-state index in [0.717, 1.165) is 31.5 Å². The van der Waals surface area contributed by atoms with E-state index < -0.39 is 0 Å². The van der Waals surface area contributed by atoms with Crippen LogP contribution in [0.5, 0.6) is 0 Å². The maximum atomic E-state index is 6.19. The quantitative estimate of drug-likeness (QED) is 0.577. The molecule has 0 aliphatic carbocycles. The number of hydrogen-bond acceptors (Lipinski definition) is 2. The van der Waals surface area contributed by atoms with Crippen molar-refractivity contribution in [1.82, 2.24) is 5.43 Å². The van der Waals surface area contributed by atoms with Gasteiger partial charge in [-0.3, -0.25) is 11.3 Å². The van der Waals surface area contributed by atoms with Gasteiger partial charge in [0, 0.05) is 14.0 Å². The van der Waals surface area contributed by atoms with Crippen molar-refractivity contribution in [1.29, 1.82) is 0 Å². The van der Waals surface area contributed by atoms with Gasteiger partial charge in [-0.2, -0.15) is 0 Å². The number of benzene rings is 2. The molecule has 0 radical (unpaired) electrons. The Morgan fingerprint density at radius 1 is 1.16 bits per heavy atom. The Morgan fingerprint density at radius 2 is 1.89 bits per heavy atom. The van der Waals surface area contributed by atoms with E-state index in [-0.39, 0.29) is 6.04 Å². The number of hydrogen-bond donors (Lipinski definition) is 2. The van der Waals surface area contributed by atoms with Crippen LogP contribution in [-0.2, 0) is 6.42 Å². The van der Waals surface area contributed by atoms with Gasteiger partial charge in [-0.15, -0.1) is 0 Å². The van der Waals surface area contributed by atoms with E-state index in [0.29, 0.717) is 0 Å². The average molecular weight is 405 g/mol. The van der Waals surface area contributed by atoms with Gasteiger partial charge >= 0.3 is 0 Å². The zero-order chi connectivity index (χ0) is 13.8. The SMILES string of the molecule is NNC(Cc1ccccc1Cl)c1cc(Br)ccc1Br. The monoisotopic (exact) mass is 402 g/mol. The largest absolute Gasteiger partial charge is 0.271 e. The third kappa shape index (κ3) is 3.80. The van der Waals surface area contributed by atoms with Gasteiger partial charge in [-0.05, 0) is 41.8 Å². The van der Waals surface area contributed by atoms with E-state index in [4.69, 9.17) is 17.4 Å². The van der Waals surface area contributed by atoms with Crippen molar-refractivity contribution in [2.24, 2.45) is 5.84 Å². The minimum absolute atomic E-state index is 0.00762.